The van der Waals surface area contributed by atoms with E-state index in [-0.39, 0.29) is 0 Å². The van der Waals surface area contributed by atoms with Gasteiger partial charge in [0.05, 0.1) is 18.2 Å². The van der Waals surface area contributed by atoms with Crippen LogP contribution in [0, 0.1) is 0 Å². The molecule has 2 aromatic rings. The van der Waals surface area contributed by atoms with E-state index in [4.69, 9.17) is 21.1 Å². The van der Waals surface area contributed by atoms with Crippen molar-refractivity contribution in [2.24, 2.45) is 0 Å². The maximum absolute atomic E-state index is 6.30. The molecular weight excluding hydrogens is 296 g/mol. The Morgan fingerprint density at radius 2 is 1.95 bits per heavy atom. The highest BCUT2D eigenvalue weighted by Gasteiger charge is 2.18. The van der Waals surface area contributed by atoms with Gasteiger partial charge < -0.3 is 14.8 Å². The topological polar surface area (TPSA) is 43.4 Å². The van der Waals surface area contributed by atoms with Crippen LogP contribution in [0.2, 0.25) is 5.02 Å². The van der Waals surface area contributed by atoms with Crippen LogP contribution in [0.5, 0.6) is 11.5 Å². The molecule has 0 aliphatic carbocycles. The molecule has 0 fully saturated rings. The summed E-state index contributed by atoms with van der Waals surface area (Å²) in [7, 11) is 1.84. The van der Waals surface area contributed by atoms with Gasteiger partial charge in [-0.25, -0.2) is 4.98 Å². The van der Waals surface area contributed by atoms with E-state index in [2.05, 4.69) is 24.1 Å². The van der Waals surface area contributed by atoms with E-state index in [1.54, 1.807) is 6.07 Å². The molecule has 110 valence electrons. The summed E-state index contributed by atoms with van der Waals surface area (Å²) in [5.74, 6) is 1.45. The monoisotopic (exact) mass is 314 g/mol. The first-order chi connectivity index (χ1) is 9.71. The van der Waals surface area contributed by atoms with Crippen LogP contribution >= 0.6 is 22.9 Å². The van der Waals surface area contributed by atoms with Gasteiger partial charge >= 0.3 is 0 Å². The van der Waals surface area contributed by atoms with Crippen LogP contribution < -0.4 is 14.8 Å². The number of benzene rings is 1. The first-order valence-corrected chi connectivity index (χ1v) is 7.97. The van der Waals surface area contributed by atoms with Gasteiger partial charge in [-0.2, -0.15) is 0 Å². The third-order valence-electron chi connectivity index (χ3n) is 2.67. The summed E-state index contributed by atoms with van der Waals surface area (Å²) in [6, 6.07) is 1.80. The Labute approximate surface area is 128 Å². The van der Waals surface area contributed by atoms with Gasteiger partial charge in [0, 0.05) is 13.1 Å². The number of thiazole rings is 1. The fraction of sp³-hybridized carbons (Fsp3) is 0.500. The number of hydrogen-bond donors (Lipinski definition) is 1. The van der Waals surface area contributed by atoms with Crippen LogP contribution in [0.1, 0.15) is 26.7 Å². The smallest absolute Gasteiger partial charge is 0.183 e. The lowest BCUT2D eigenvalue weighted by Crippen LogP contribution is -2.01. The van der Waals surface area contributed by atoms with Crippen molar-refractivity contribution >= 4 is 38.3 Å². The van der Waals surface area contributed by atoms with Crippen LogP contribution in [0.15, 0.2) is 6.07 Å². The molecule has 0 amide bonds. The van der Waals surface area contributed by atoms with Gasteiger partial charge in [0.25, 0.3) is 0 Å². The highest BCUT2D eigenvalue weighted by Crippen LogP contribution is 2.44. The number of nitrogens with zero attached hydrogens (tertiary/aromatic N) is 1. The van der Waals surface area contributed by atoms with Crippen LogP contribution in [0.25, 0.3) is 10.2 Å². The van der Waals surface area contributed by atoms with Crippen molar-refractivity contribution in [1.82, 2.24) is 4.98 Å². The van der Waals surface area contributed by atoms with Crippen LogP contribution in [0.4, 0.5) is 5.13 Å². The Balaban J connectivity index is 2.52. The molecule has 1 heterocycles. The molecule has 0 saturated heterocycles. The van der Waals surface area contributed by atoms with Crippen molar-refractivity contribution in [3.8, 4) is 11.5 Å². The normalized spacial score (nSPS) is 10.8. The van der Waals surface area contributed by atoms with Gasteiger partial charge in [0.1, 0.15) is 10.2 Å². The van der Waals surface area contributed by atoms with Crippen molar-refractivity contribution in [2.45, 2.75) is 26.7 Å². The van der Waals surface area contributed by atoms with Gasteiger partial charge in [0.15, 0.2) is 16.6 Å². The lowest BCUT2D eigenvalue weighted by Gasteiger charge is -2.13. The van der Waals surface area contributed by atoms with Crippen LogP contribution in [0.3, 0.4) is 0 Å². The zero-order chi connectivity index (χ0) is 14.5. The maximum atomic E-state index is 6.30. The van der Waals surface area contributed by atoms with Crippen LogP contribution in [-0.2, 0) is 0 Å². The molecule has 20 heavy (non-hydrogen) atoms. The first-order valence-electron chi connectivity index (χ1n) is 6.77. The Morgan fingerprint density at radius 1 is 1.25 bits per heavy atom. The van der Waals surface area contributed by atoms with Gasteiger partial charge in [-0.1, -0.05) is 36.8 Å². The number of rotatable bonds is 7. The Hall–Kier alpha value is -1.20. The van der Waals surface area contributed by atoms with Crippen molar-refractivity contribution in [3.63, 3.8) is 0 Å². The number of anilines is 1. The van der Waals surface area contributed by atoms with E-state index in [0.717, 1.165) is 33.9 Å². The second kappa shape index (κ2) is 6.99. The highest BCUT2D eigenvalue weighted by atomic mass is 35.5. The minimum Gasteiger partial charge on any atom is -0.490 e. The van der Waals surface area contributed by atoms with Crippen molar-refractivity contribution in [1.29, 1.82) is 0 Å². The Kier molecular flexibility index (Phi) is 5.31. The average Bonchev–Trinajstić information content (AvgIpc) is 2.89. The van der Waals surface area contributed by atoms with Gasteiger partial charge in [-0.15, -0.1) is 0 Å². The summed E-state index contributed by atoms with van der Waals surface area (Å²) in [4.78, 5) is 4.46. The van der Waals surface area contributed by atoms with Crippen molar-refractivity contribution < 1.29 is 9.47 Å². The molecule has 0 aliphatic rings. The zero-order valence-electron chi connectivity index (χ0n) is 12.0. The molecular formula is C14H19ClN2O2S. The number of aromatic nitrogens is 1. The predicted octanol–water partition coefficient (Wildman–Crippen LogP) is 4.57. The predicted molar refractivity (Wildman–Crippen MR) is 85.7 cm³/mol. The minimum absolute atomic E-state index is 0.590. The van der Waals surface area contributed by atoms with Crippen molar-refractivity contribution in [2.75, 3.05) is 25.6 Å². The molecule has 1 aromatic heterocycles. The summed E-state index contributed by atoms with van der Waals surface area (Å²) < 4.78 is 12.6. The largest absolute Gasteiger partial charge is 0.490 e. The second-order valence-corrected chi connectivity index (χ2v) is 5.74. The van der Waals surface area contributed by atoms with Gasteiger partial charge in [-0.05, 0) is 12.8 Å². The average molecular weight is 315 g/mol. The van der Waals surface area contributed by atoms with Crippen molar-refractivity contribution in [3.05, 3.63) is 11.1 Å². The minimum atomic E-state index is 0.590. The Bertz CT molecular complexity index is 586. The third-order valence-corrected chi connectivity index (χ3v) is 4.03. The molecule has 0 unspecified atom stereocenters. The molecule has 0 radical (unpaired) electrons. The lowest BCUT2D eigenvalue weighted by atomic mass is 10.3. The van der Waals surface area contributed by atoms with E-state index in [9.17, 15) is 0 Å². The molecule has 6 heteroatoms. The van der Waals surface area contributed by atoms with E-state index in [0.29, 0.717) is 24.0 Å². The van der Waals surface area contributed by atoms with E-state index < -0.39 is 0 Å². The summed E-state index contributed by atoms with van der Waals surface area (Å²) in [5, 5.41) is 4.45. The van der Waals surface area contributed by atoms with Gasteiger partial charge in [0.2, 0.25) is 0 Å². The second-order valence-electron chi connectivity index (χ2n) is 4.33. The lowest BCUT2D eigenvalue weighted by molar-refractivity contribution is 0.271. The van der Waals surface area contributed by atoms with E-state index in [1.165, 1.54) is 11.3 Å². The first kappa shape index (κ1) is 15.2. The number of halogens is 1. The SMILES string of the molecule is CCCOc1cc(Cl)c2nc(NC)sc2c1OCCC. The number of nitrogens with one attached hydrogen (secondary N) is 1. The van der Waals surface area contributed by atoms with Gasteiger partial charge in [-0.3, -0.25) is 0 Å². The number of hydrogen-bond acceptors (Lipinski definition) is 5. The third kappa shape index (κ3) is 3.10. The van der Waals surface area contributed by atoms with Crippen LogP contribution in [-0.4, -0.2) is 25.2 Å². The Morgan fingerprint density at radius 3 is 2.60 bits per heavy atom. The zero-order valence-corrected chi connectivity index (χ0v) is 13.5. The summed E-state index contributed by atoms with van der Waals surface area (Å²) in [6.45, 7) is 5.43. The quantitative estimate of drug-likeness (QED) is 0.813. The molecule has 0 saturated carbocycles. The molecule has 0 atom stereocenters. The molecule has 1 aromatic carbocycles. The number of ether oxygens (including phenoxy) is 2. The van der Waals surface area contributed by atoms with E-state index in [1.807, 2.05) is 7.05 Å². The maximum Gasteiger partial charge on any atom is 0.183 e. The molecule has 1 N–H and O–H groups in total. The fourth-order valence-corrected chi connectivity index (χ4v) is 2.99. The highest BCUT2D eigenvalue weighted by molar-refractivity contribution is 7.22. The summed E-state index contributed by atoms with van der Waals surface area (Å²) in [5.41, 5.74) is 0.760. The summed E-state index contributed by atoms with van der Waals surface area (Å²) in [6.07, 6.45) is 1.88. The summed E-state index contributed by atoms with van der Waals surface area (Å²) >= 11 is 7.82. The molecule has 4 nitrogen and oxygen atoms in total. The molecule has 0 aliphatic heterocycles. The van der Waals surface area contributed by atoms with E-state index >= 15 is 0 Å². The number of fused-ring (bicyclic) bond motifs is 1. The molecule has 0 spiro atoms. The molecule has 2 rings (SSSR count). The fourth-order valence-electron chi connectivity index (χ4n) is 1.76. The molecule has 0 bridgehead atoms. The standard InChI is InChI=1S/C14H19ClN2O2S/c1-4-6-18-10-8-9(15)11-13(12(10)19-7-5-2)20-14(16-3)17-11/h8H,4-7H2,1-3H3,(H,16,17).